The van der Waals surface area contributed by atoms with Gasteiger partial charge in [0.25, 0.3) is 5.91 Å². The Morgan fingerprint density at radius 2 is 1.78 bits per heavy atom. The lowest BCUT2D eigenvalue weighted by Crippen LogP contribution is -2.37. The summed E-state index contributed by atoms with van der Waals surface area (Å²) in [7, 11) is 1.61. The summed E-state index contributed by atoms with van der Waals surface area (Å²) >= 11 is 0. The summed E-state index contributed by atoms with van der Waals surface area (Å²) in [6, 6.07) is 10.8. The lowest BCUT2D eigenvalue weighted by Gasteiger charge is -2.28. The van der Waals surface area contributed by atoms with Gasteiger partial charge in [0, 0.05) is 13.1 Å². The second-order valence-corrected chi connectivity index (χ2v) is 8.31. The van der Waals surface area contributed by atoms with Gasteiger partial charge in [0.1, 0.15) is 11.3 Å². The minimum Gasteiger partial charge on any atom is -0.497 e. The number of rotatable bonds is 7. The molecule has 0 fully saturated rings. The van der Waals surface area contributed by atoms with E-state index in [1.807, 2.05) is 50.2 Å². The SMILES string of the molecule is CCN(CC)CCN1C(=O)c2oc3cc(C)c(C)cc3c(=O)c2[C@H]1c1cccc(OC)c1. The highest BCUT2D eigenvalue weighted by molar-refractivity contribution is 5.99. The maximum Gasteiger partial charge on any atom is 0.290 e. The topological polar surface area (TPSA) is 63.0 Å². The Kier molecular flexibility index (Phi) is 6.07. The lowest BCUT2D eigenvalue weighted by molar-refractivity contribution is 0.0708. The molecule has 168 valence electrons. The van der Waals surface area contributed by atoms with Crippen molar-refractivity contribution in [3.63, 3.8) is 0 Å². The van der Waals surface area contributed by atoms with E-state index in [1.54, 1.807) is 12.0 Å². The van der Waals surface area contributed by atoms with Gasteiger partial charge in [0.15, 0.2) is 5.43 Å². The number of hydrogen-bond donors (Lipinski definition) is 0. The van der Waals surface area contributed by atoms with Crippen LogP contribution in [0.4, 0.5) is 0 Å². The van der Waals surface area contributed by atoms with Crippen molar-refractivity contribution in [2.45, 2.75) is 33.7 Å². The van der Waals surface area contributed by atoms with Crippen molar-refractivity contribution in [2.24, 2.45) is 0 Å². The van der Waals surface area contributed by atoms with E-state index in [9.17, 15) is 9.59 Å². The van der Waals surface area contributed by atoms with E-state index in [1.165, 1.54) is 0 Å². The molecule has 1 atom stereocenters. The van der Waals surface area contributed by atoms with Crippen LogP contribution in [0.3, 0.4) is 0 Å². The zero-order valence-corrected chi connectivity index (χ0v) is 19.4. The van der Waals surface area contributed by atoms with Gasteiger partial charge < -0.3 is 19.0 Å². The molecule has 1 amide bonds. The third kappa shape index (κ3) is 3.69. The molecule has 2 aromatic carbocycles. The number of methoxy groups -OCH3 is 1. The molecule has 32 heavy (non-hydrogen) atoms. The molecule has 0 N–H and O–H groups in total. The van der Waals surface area contributed by atoms with Crippen molar-refractivity contribution in [1.82, 2.24) is 9.80 Å². The Hall–Kier alpha value is -3.12. The van der Waals surface area contributed by atoms with Gasteiger partial charge in [-0.15, -0.1) is 0 Å². The molecule has 0 bridgehead atoms. The average Bonchev–Trinajstić information content (AvgIpc) is 3.08. The number of hydrogen-bond acceptors (Lipinski definition) is 5. The summed E-state index contributed by atoms with van der Waals surface area (Å²) in [6.45, 7) is 11.2. The predicted octanol–water partition coefficient (Wildman–Crippen LogP) is 4.31. The van der Waals surface area contributed by atoms with Gasteiger partial charge in [-0.05, 0) is 67.9 Å². The van der Waals surface area contributed by atoms with E-state index in [0.29, 0.717) is 28.8 Å². The molecule has 6 nitrogen and oxygen atoms in total. The molecular formula is C26H30N2O4. The molecule has 1 aliphatic rings. The van der Waals surface area contributed by atoms with Crippen LogP contribution in [0, 0.1) is 13.8 Å². The van der Waals surface area contributed by atoms with Crippen molar-refractivity contribution in [3.8, 4) is 5.75 Å². The minimum absolute atomic E-state index is 0.143. The normalized spacial score (nSPS) is 15.6. The number of likely N-dealkylation sites (N-methyl/N-ethyl adjacent to an activating group) is 1. The van der Waals surface area contributed by atoms with Crippen LogP contribution in [0.15, 0.2) is 45.6 Å². The number of fused-ring (bicyclic) bond motifs is 2. The lowest BCUT2D eigenvalue weighted by atomic mass is 9.97. The predicted molar refractivity (Wildman–Crippen MR) is 126 cm³/mol. The Morgan fingerprint density at radius 1 is 1.06 bits per heavy atom. The molecule has 0 saturated heterocycles. The van der Waals surface area contributed by atoms with Crippen molar-refractivity contribution in [3.05, 3.63) is 74.6 Å². The molecule has 0 unspecified atom stereocenters. The van der Waals surface area contributed by atoms with E-state index in [-0.39, 0.29) is 17.1 Å². The monoisotopic (exact) mass is 434 g/mol. The molecule has 0 saturated carbocycles. The molecule has 1 aliphatic heterocycles. The van der Waals surface area contributed by atoms with Gasteiger partial charge in [-0.3, -0.25) is 9.59 Å². The van der Waals surface area contributed by atoms with Gasteiger partial charge in [-0.1, -0.05) is 26.0 Å². The average molecular weight is 435 g/mol. The number of ether oxygens (including phenoxy) is 1. The molecular weight excluding hydrogens is 404 g/mol. The van der Waals surface area contributed by atoms with Crippen LogP contribution >= 0.6 is 0 Å². The van der Waals surface area contributed by atoms with E-state index in [4.69, 9.17) is 9.15 Å². The second kappa shape index (κ2) is 8.79. The Morgan fingerprint density at radius 3 is 2.47 bits per heavy atom. The van der Waals surface area contributed by atoms with E-state index >= 15 is 0 Å². The van der Waals surface area contributed by atoms with Crippen molar-refractivity contribution < 1.29 is 13.9 Å². The number of aryl methyl sites for hydroxylation is 2. The van der Waals surface area contributed by atoms with Gasteiger partial charge >= 0.3 is 0 Å². The highest BCUT2D eigenvalue weighted by Gasteiger charge is 2.42. The first-order chi connectivity index (χ1) is 15.4. The maximum atomic E-state index is 13.7. The Labute approximate surface area is 188 Å². The van der Waals surface area contributed by atoms with Crippen LogP contribution in [0.1, 0.15) is 52.7 Å². The van der Waals surface area contributed by atoms with Crippen molar-refractivity contribution >= 4 is 16.9 Å². The van der Waals surface area contributed by atoms with Crippen LogP contribution in [-0.2, 0) is 0 Å². The third-order valence-corrected chi connectivity index (χ3v) is 6.54. The van der Waals surface area contributed by atoms with Crippen LogP contribution in [0.5, 0.6) is 5.75 Å². The van der Waals surface area contributed by atoms with Crippen molar-refractivity contribution in [2.75, 3.05) is 33.3 Å². The van der Waals surface area contributed by atoms with E-state index in [2.05, 4.69) is 18.7 Å². The van der Waals surface area contributed by atoms with E-state index in [0.717, 1.165) is 36.3 Å². The molecule has 1 aromatic heterocycles. The maximum absolute atomic E-state index is 13.7. The molecule has 0 aliphatic carbocycles. The zero-order chi connectivity index (χ0) is 23.0. The van der Waals surface area contributed by atoms with Crippen LogP contribution in [0.2, 0.25) is 0 Å². The molecule has 0 radical (unpaired) electrons. The molecule has 0 spiro atoms. The van der Waals surface area contributed by atoms with Crippen LogP contribution in [0.25, 0.3) is 11.0 Å². The summed E-state index contributed by atoms with van der Waals surface area (Å²) in [5, 5.41) is 0.512. The Balaban J connectivity index is 1.90. The largest absolute Gasteiger partial charge is 0.497 e. The highest BCUT2D eigenvalue weighted by Crippen LogP contribution is 2.39. The summed E-state index contributed by atoms with van der Waals surface area (Å²) in [6.07, 6.45) is 0. The van der Waals surface area contributed by atoms with Gasteiger partial charge in [0.2, 0.25) is 5.76 Å². The zero-order valence-electron chi connectivity index (χ0n) is 19.4. The van der Waals surface area contributed by atoms with Gasteiger partial charge in [-0.2, -0.15) is 0 Å². The second-order valence-electron chi connectivity index (χ2n) is 8.31. The van der Waals surface area contributed by atoms with Gasteiger partial charge in [0.05, 0.1) is 24.1 Å². The summed E-state index contributed by atoms with van der Waals surface area (Å²) in [5.74, 6) is 0.596. The van der Waals surface area contributed by atoms with Crippen LogP contribution in [-0.4, -0.2) is 49.0 Å². The molecule has 3 aromatic rings. The van der Waals surface area contributed by atoms with Gasteiger partial charge in [-0.25, -0.2) is 0 Å². The number of carbonyl (C=O) groups excluding carboxylic acids is 1. The molecule has 4 rings (SSSR count). The van der Waals surface area contributed by atoms with Crippen LogP contribution < -0.4 is 10.2 Å². The number of nitrogens with zero attached hydrogens (tertiary/aromatic N) is 2. The fourth-order valence-corrected chi connectivity index (χ4v) is 4.45. The number of carbonyl (C=O) groups is 1. The fourth-order valence-electron chi connectivity index (χ4n) is 4.45. The minimum atomic E-state index is -0.509. The Bertz CT molecular complexity index is 1230. The third-order valence-electron chi connectivity index (χ3n) is 6.54. The highest BCUT2D eigenvalue weighted by atomic mass is 16.5. The standard InChI is InChI=1S/C26H30N2O4/c1-6-27(7-2)11-12-28-23(18-9-8-10-19(15-18)31-5)22-24(29)20-13-16(3)17(4)14-21(20)32-25(22)26(28)30/h8-10,13-15,23H,6-7,11-12H2,1-5H3/t23-/m1/s1. The van der Waals surface area contributed by atoms with Crippen molar-refractivity contribution in [1.29, 1.82) is 0 Å². The fraction of sp³-hybridized carbons (Fsp3) is 0.385. The first-order valence-electron chi connectivity index (χ1n) is 11.1. The molecule has 6 heteroatoms. The summed E-state index contributed by atoms with van der Waals surface area (Å²) in [4.78, 5) is 31.2. The quantitative estimate of drug-likeness (QED) is 0.555. The molecule has 2 heterocycles. The summed E-state index contributed by atoms with van der Waals surface area (Å²) < 4.78 is 11.5. The number of amides is 1. The number of benzene rings is 2. The smallest absolute Gasteiger partial charge is 0.290 e. The first-order valence-corrected chi connectivity index (χ1v) is 11.1. The summed E-state index contributed by atoms with van der Waals surface area (Å²) in [5.41, 5.74) is 3.61. The first kappa shape index (κ1) is 22.1. The van der Waals surface area contributed by atoms with E-state index < -0.39 is 6.04 Å².